The molecule has 4 aromatic rings. The molecule has 172 valence electrons. The Morgan fingerprint density at radius 2 is 1.40 bits per heavy atom. The topological polar surface area (TPSA) is 37.4 Å². The van der Waals surface area contributed by atoms with Crippen molar-refractivity contribution >= 4 is 28.2 Å². The van der Waals surface area contributed by atoms with Gasteiger partial charge >= 0.3 is 0 Å². The zero-order valence-corrected chi connectivity index (χ0v) is 19.8. The molecule has 0 saturated carbocycles. The average molecular weight is 458 g/mol. The van der Waals surface area contributed by atoms with Crippen molar-refractivity contribution in [1.82, 2.24) is 0 Å². The number of carbonyl (C=O) groups excluding carboxylic acids is 2. The summed E-state index contributed by atoms with van der Waals surface area (Å²) in [5, 5.41) is 2.22. The summed E-state index contributed by atoms with van der Waals surface area (Å²) in [5.74, 6) is 0.0732. The van der Waals surface area contributed by atoms with Crippen molar-refractivity contribution in [3.8, 4) is 0 Å². The van der Waals surface area contributed by atoms with Crippen LogP contribution >= 0.6 is 0 Å². The van der Waals surface area contributed by atoms with Gasteiger partial charge in [-0.15, -0.1) is 0 Å². The molecule has 2 atom stereocenters. The number of amides is 1. The summed E-state index contributed by atoms with van der Waals surface area (Å²) >= 11 is 0. The summed E-state index contributed by atoms with van der Waals surface area (Å²) in [5.41, 5.74) is 5.88. The summed E-state index contributed by atoms with van der Waals surface area (Å²) in [7, 11) is 0. The highest BCUT2D eigenvalue weighted by molar-refractivity contribution is 6.08. The second-order valence-electron chi connectivity index (χ2n) is 9.73. The lowest BCUT2D eigenvalue weighted by Gasteiger charge is -2.40. The predicted octanol–water partition coefficient (Wildman–Crippen LogP) is 7.07. The van der Waals surface area contributed by atoms with Crippen molar-refractivity contribution in [3.05, 3.63) is 125 Å². The van der Waals surface area contributed by atoms with Gasteiger partial charge in [0.15, 0.2) is 5.78 Å². The Labute approximate surface area is 205 Å². The van der Waals surface area contributed by atoms with Crippen LogP contribution in [0.2, 0.25) is 0 Å². The van der Waals surface area contributed by atoms with Gasteiger partial charge in [0.2, 0.25) is 5.91 Å². The third-order valence-corrected chi connectivity index (χ3v) is 7.47. The highest BCUT2D eigenvalue weighted by Gasteiger charge is 2.42. The summed E-state index contributed by atoms with van der Waals surface area (Å²) in [6, 6.07) is 32.8. The van der Waals surface area contributed by atoms with E-state index in [9.17, 15) is 9.59 Å². The first-order chi connectivity index (χ1) is 17.1. The molecule has 0 bridgehead atoms. The van der Waals surface area contributed by atoms with Gasteiger partial charge in [0.1, 0.15) is 0 Å². The van der Waals surface area contributed by atoms with Gasteiger partial charge in [-0.25, -0.2) is 0 Å². The van der Waals surface area contributed by atoms with E-state index in [2.05, 4.69) is 67.6 Å². The summed E-state index contributed by atoms with van der Waals surface area (Å²) in [6.45, 7) is 2.05. The first-order valence-electron chi connectivity index (χ1n) is 12.3. The highest BCUT2D eigenvalue weighted by atomic mass is 16.2. The summed E-state index contributed by atoms with van der Waals surface area (Å²) < 4.78 is 0. The number of rotatable bonds is 3. The third-order valence-electron chi connectivity index (χ3n) is 7.47. The van der Waals surface area contributed by atoms with Gasteiger partial charge in [0.05, 0.1) is 0 Å². The van der Waals surface area contributed by atoms with E-state index >= 15 is 0 Å². The summed E-state index contributed by atoms with van der Waals surface area (Å²) in [4.78, 5) is 29.4. The van der Waals surface area contributed by atoms with E-state index in [1.807, 2.05) is 41.3 Å². The lowest BCUT2D eigenvalue weighted by molar-refractivity contribution is -0.120. The van der Waals surface area contributed by atoms with E-state index in [1.165, 1.54) is 5.56 Å². The van der Waals surface area contributed by atoms with E-state index < -0.39 is 0 Å². The Bertz CT molecular complexity index is 1470. The number of fused-ring (bicyclic) bond motifs is 1. The van der Waals surface area contributed by atoms with Crippen molar-refractivity contribution in [2.45, 2.75) is 38.0 Å². The van der Waals surface area contributed by atoms with Crippen LogP contribution < -0.4 is 4.90 Å². The lowest BCUT2D eigenvalue weighted by Crippen LogP contribution is -2.41. The van der Waals surface area contributed by atoms with Gasteiger partial charge in [-0.05, 0) is 53.3 Å². The van der Waals surface area contributed by atoms with Crippen molar-refractivity contribution in [2.75, 3.05) is 4.90 Å². The molecule has 1 heterocycles. The highest BCUT2D eigenvalue weighted by Crippen LogP contribution is 2.47. The Morgan fingerprint density at radius 1 is 0.686 bits per heavy atom. The minimum absolute atomic E-state index is 0.0473. The van der Waals surface area contributed by atoms with E-state index in [0.29, 0.717) is 19.3 Å². The van der Waals surface area contributed by atoms with Gasteiger partial charge < -0.3 is 0 Å². The monoisotopic (exact) mass is 457 g/mol. The minimum Gasteiger partial charge on any atom is -0.294 e. The Balaban J connectivity index is 1.51. The molecule has 6 rings (SSSR count). The molecule has 0 saturated heterocycles. The van der Waals surface area contributed by atoms with Crippen LogP contribution in [-0.4, -0.2) is 11.7 Å². The van der Waals surface area contributed by atoms with Gasteiger partial charge in [0.25, 0.3) is 0 Å². The number of ketones is 1. The molecular formula is C32H27NO2. The molecule has 0 radical (unpaired) electrons. The number of Topliss-reactive ketones (excluding diaryl/α,β-unsaturated/α-hetero) is 1. The molecule has 1 aliphatic carbocycles. The van der Waals surface area contributed by atoms with Gasteiger partial charge in [-0.3, -0.25) is 14.5 Å². The van der Waals surface area contributed by atoms with Crippen LogP contribution in [-0.2, 0) is 9.59 Å². The van der Waals surface area contributed by atoms with E-state index in [-0.39, 0.29) is 23.5 Å². The van der Waals surface area contributed by atoms with Gasteiger partial charge in [0, 0.05) is 35.7 Å². The normalized spacial score (nSPS) is 20.3. The molecule has 35 heavy (non-hydrogen) atoms. The van der Waals surface area contributed by atoms with Crippen LogP contribution in [0, 0.1) is 6.92 Å². The minimum atomic E-state index is -0.195. The Hall–Kier alpha value is -3.98. The maximum Gasteiger partial charge on any atom is 0.232 e. The maximum absolute atomic E-state index is 13.8. The molecule has 0 aromatic heterocycles. The quantitative estimate of drug-likeness (QED) is 0.330. The van der Waals surface area contributed by atoms with Gasteiger partial charge in [-0.2, -0.15) is 0 Å². The smallest absolute Gasteiger partial charge is 0.232 e. The molecule has 3 nitrogen and oxygen atoms in total. The molecule has 4 aromatic carbocycles. The molecule has 0 fully saturated rings. The molecule has 0 spiro atoms. The number of hydrogen-bond acceptors (Lipinski definition) is 2. The first-order valence-corrected chi connectivity index (χ1v) is 12.3. The van der Waals surface area contributed by atoms with Crippen LogP contribution in [0.4, 0.5) is 5.69 Å². The fourth-order valence-electron chi connectivity index (χ4n) is 5.70. The van der Waals surface area contributed by atoms with Crippen LogP contribution in [0.1, 0.15) is 47.8 Å². The number of aryl methyl sites for hydroxylation is 1. The van der Waals surface area contributed by atoms with E-state index in [4.69, 9.17) is 0 Å². The number of anilines is 1. The molecule has 1 aliphatic heterocycles. The number of allylic oxidation sites excluding steroid dienone is 2. The molecule has 2 aliphatic rings. The van der Waals surface area contributed by atoms with E-state index in [0.717, 1.165) is 38.9 Å². The standard InChI is InChI=1S/C32H27NO2/c1-21-11-13-24(14-12-21)28-20-31(35)33(27-16-15-23-9-5-6-10-25(23)17-27)29-18-26(19-30(34)32(28)29)22-7-3-2-4-8-22/h2-17,26,28H,18-20H2,1H3. The van der Waals surface area contributed by atoms with Crippen molar-refractivity contribution in [2.24, 2.45) is 0 Å². The van der Waals surface area contributed by atoms with Crippen molar-refractivity contribution < 1.29 is 9.59 Å². The zero-order chi connectivity index (χ0) is 23.9. The SMILES string of the molecule is Cc1ccc(C2CC(=O)N(c3ccc4ccccc4c3)C3=C2C(=O)CC(c2ccccc2)C3)cc1. The van der Waals surface area contributed by atoms with E-state index in [1.54, 1.807) is 0 Å². The second kappa shape index (κ2) is 8.66. The average Bonchev–Trinajstić information content (AvgIpc) is 2.89. The maximum atomic E-state index is 13.8. The molecule has 3 heteroatoms. The largest absolute Gasteiger partial charge is 0.294 e. The number of benzene rings is 4. The van der Waals surface area contributed by atoms with Crippen LogP contribution in [0.25, 0.3) is 10.8 Å². The number of carbonyl (C=O) groups is 2. The molecular weight excluding hydrogens is 430 g/mol. The number of hydrogen-bond donors (Lipinski definition) is 0. The van der Waals surface area contributed by atoms with Crippen LogP contribution in [0.3, 0.4) is 0 Å². The van der Waals surface area contributed by atoms with Gasteiger partial charge in [-0.1, -0.05) is 90.5 Å². The predicted molar refractivity (Wildman–Crippen MR) is 140 cm³/mol. The Kier molecular flexibility index (Phi) is 5.33. The molecule has 2 unspecified atom stereocenters. The second-order valence-corrected chi connectivity index (χ2v) is 9.73. The zero-order valence-electron chi connectivity index (χ0n) is 19.8. The van der Waals surface area contributed by atoms with Crippen LogP contribution in [0.5, 0.6) is 0 Å². The fraction of sp³-hybridized carbons (Fsp3) is 0.188. The Morgan fingerprint density at radius 3 is 2.17 bits per heavy atom. The molecule has 0 N–H and O–H groups in total. The number of nitrogens with zero attached hydrogens (tertiary/aromatic N) is 1. The van der Waals surface area contributed by atoms with Crippen molar-refractivity contribution in [3.63, 3.8) is 0 Å². The summed E-state index contributed by atoms with van der Waals surface area (Å²) in [6.07, 6.45) is 1.45. The third kappa shape index (κ3) is 3.87. The fourth-order valence-corrected chi connectivity index (χ4v) is 5.70. The first kappa shape index (κ1) is 21.5. The van der Waals surface area contributed by atoms with Crippen LogP contribution in [0.15, 0.2) is 108 Å². The molecule has 1 amide bonds. The van der Waals surface area contributed by atoms with Crippen molar-refractivity contribution in [1.29, 1.82) is 0 Å². The lowest BCUT2D eigenvalue weighted by atomic mass is 9.72.